The van der Waals surface area contributed by atoms with Crippen molar-refractivity contribution in [2.24, 2.45) is 5.11 Å². The van der Waals surface area contributed by atoms with E-state index >= 15 is 0 Å². The third-order valence-electron chi connectivity index (χ3n) is 2.18. The molecule has 8 nitrogen and oxygen atoms in total. The maximum Gasteiger partial charge on any atom is 0.264 e. The Balaban J connectivity index is 2.75. The van der Waals surface area contributed by atoms with Crippen molar-refractivity contribution in [1.29, 1.82) is 0 Å². The Morgan fingerprint density at radius 3 is 2.75 bits per heavy atom. The summed E-state index contributed by atoms with van der Waals surface area (Å²) >= 11 is 0. The maximum atomic E-state index is 10.9. The van der Waals surface area contributed by atoms with E-state index in [2.05, 4.69) is 10.0 Å². The van der Waals surface area contributed by atoms with Crippen molar-refractivity contribution in [1.82, 2.24) is 0 Å². The summed E-state index contributed by atoms with van der Waals surface area (Å²) in [6, 6.07) is -0.840. The highest BCUT2D eigenvalue weighted by atomic mass is 32.2. The molecule has 1 N–H and O–H groups in total. The van der Waals surface area contributed by atoms with Gasteiger partial charge in [0.2, 0.25) is 0 Å². The summed E-state index contributed by atoms with van der Waals surface area (Å²) in [4.78, 5) is 2.55. The van der Waals surface area contributed by atoms with E-state index < -0.39 is 34.7 Å². The third-order valence-corrected chi connectivity index (χ3v) is 2.78. The monoisotopic (exact) mass is 251 g/mol. The highest BCUT2D eigenvalue weighted by molar-refractivity contribution is 7.86. The van der Waals surface area contributed by atoms with Gasteiger partial charge in [-0.05, 0) is 18.9 Å². The van der Waals surface area contributed by atoms with E-state index in [0.29, 0.717) is 0 Å². The van der Waals surface area contributed by atoms with E-state index in [0.717, 1.165) is 6.26 Å². The molecule has 1 aliphatic heterocycles. The van der Waals surface area contributed by atoms with Crippen LogP contribution in [-0.2, 0) is 19.0 Å². The Kier molecular flexibility index (Phi) is 4.11. The highest BCUT2D eigenvalue weighted by Gasteiger charge is 2.36. The average Bonchev–Trinajstić information content (AvgIpc) is 2.11. The molecular weight excluding hydrogens is 238 g/mol. The molecule has 16 heavy (non-hydrogen) atoms. The van der Waals surface area contributed by atoms with Gasteiger partial charge in [-0.2, -0.15) is 8.42 Å². The van der Waals surface area contributed by atoms with E-state index in [1.807, 2.05) is 0 Å². The van der Waals surface area contributed by atoms with Gasteiger partial charge in [0, 0.05) is 4.91 Å². The Hall–Kier alpha value is -0.860. The first-order chi connectivity index (χ1) is 7.33. The van der Waals surface area contributed by atoms with E-state index in [1.54, 1.807) is 6.92 Å². The second-order valence-electron chi connectivity index (χ2n) is 3.58. The van der Waals surface area contributed by atoms with Crippen LogP contribution in [0, 0.1) is 0 Å². The summed E-state index contributed by atoms with van der Waals surface area (Å²) in [6.07, 6.45) is -1.55. The minimum Gasteiger partial charge on any atom is -0.368 e. The molecule has 1 rings (SSSR count). The van der Waals surface area contributed by atoms with Crippen molar-refractivity contribution in [3.8, 4) is 0 Å². The molecule has 0 saturated carbocycles. The molecule has 0 aromatic carbocycles. The fraction of sp³-hybridized carbons (Fsp3) is 1.00. The van der Waals surface area contributed by atoms with Crippen LogP contribution in [0.15, 0.2) is 5.11 Å². The van der Waals surface area contributed by atoms with Gasteiger partial charge >= 0.3 is 0 Å². The van der Waals surface area contributed by atoms with Crippen molar-refractivity contribution in [3.05, 3.63) is 10.4 Å². The number of ether oxygens (including phenoxy) is 1. The number of aliphatic hydroxyl groups is 1. The maximum absolute atomic E-state index is 10.9. The predicted molar refractivity (Wildman–Crippen MR) is 53.8 cm³/mol. The molecule has 0 aromatic rings. The number of hydrogen-bond acceptors (Lipinski definition) is 6. The van der Waals surface area contributed by atoms with Crippen LogP contribution < -0.4 is 0 Å². The topological polar surface area (TPSA) is 122 Å². The standard InChI is InChI=1S/C7H13N3O5S/c1-4-6(15-16(2,12)13)3-5(9-10-8)7(11)14-4/h4-7,11H,3H2,1-2H3/t4-,5-,6+,7-/m1/s1. The van der Waals surface area contributed by atoms with E-state index in [9.17, 15) is 13.5 Å². The molecule has 92 valence electrons. The first kappa shape index (κ1) is 13.2. The zero-order chi connectivity index (χ0) is 12.3. The van der Waals surface area contributed by atoms with Crippen LogP contribution >= 0.6 is 0 Å². The molecule has 4 atom stereocenters. The van der Waals surface area contributed by atoms with Gasteiger partial charge in [0.1, 0.15) is 6.10 Å². The van der Waals surface area contributed by atoms with Gasteiger partial charge in [-0.3, -0.25) is 4.18 Å². The third kappa shape index (κ3) is 3.62. The van der Waals surface area contributed by atoms with E-state index in [1.165, 1.54) is 0 Å². The van der Waals surface area contributed by atoms with Crippen molar-refractivity contribution in [3.63, 3.8) is 0 Å². The fourth-order valence-corrected chi connectivity index (χ4v) is 2.14. The molecule has 1 aliphatic rings. The van der Waals surface area contributed by atoms with Crippen molar-refractivity contribution in [2.75, 3.05) is 6.26 Å². The zero-order valence-electron chi connectivity index (χ0n) is 8.85. The molecule has 0 aliphatic carbocycles. The Labute approximate surface area is 92.9 Å². The first-order valence-electron chi connectivity index (χ1n) is 4.59. The first-order valence-corrected chi connectivity index (χ1v) is 6.41. The smallest absolute Gasteiger partial charge is 0.264 e. The van der Waals surface area contributed by atoms with Gasteiger partial charge in [-0.15, -0.1) is 0 Å². The summed E-state index contributed by atoms with van der Waals surface area (Å²) in [6.45, 7) is 1.57. The number of hydrogen-bond donors (Lipinski definition) is 1. The van der Waals surface area contributed by atoms with Crippen LogP contribution in [0.4, 0.5) is 0 Å². The van der Waals surface area contributed by atoms with Crippen LogP contribution in [0.5, 0.6) is 0 Å². The van der Waals surface area contributed by atoms with Gasteiger partial charge in [-0.1, -0.05) is 5.11 Å². The molecule has 1 fully saturated rings. The zero-order valence-corrected chi connectivity index (χ0v) is 9.66. The number of aliphatic hydroxyl groups excluding tert-OH is 1. The van der Waals surface area contributed by atoms with Gasteiger partial charge < -0.3 is 9.84 Å². The molecule has 0 spiro atoms. The summed E-state index contributed by atoms with van der Waals surface area (Å²) in [5.41, 5.74) is 8.25. The van der Waals surface area contributed by atoms with Crippen molar-refractivity contribution < 1.29 is 22.4 Å². The SMILES string of the molecule is C[C@H]1O[C@@H](O)[C@H](N=[N+]=[N-])C[C@@H]1OS(C)(=O)=O. The van der Waals surface area contributed by atoms with Crippen molar-refractivity contribution in [2.45, 2.75) is 37.9 Å². The molecule has 0 radical (unpaired) electrons. The summed E-state index contributed by atoms with van der Waals surface area (Å²) in [7, 11) is -3.61. The van der Waals surface area contributed by atoms with Crippen LogP contribution in [0.2, 0.25) is 0 Å². The van der Waals surface area contributed by atoms with Crippen LogP contribution in [-0.4, -0.2) is 44.3 Å². The number of azide groups is 1. The summed E-state index contributed by atoms with van der Waals surface area (Å²) in [5.74, 6) is 0. The lowest BCUT2D eigenvalue weighted by atomic mass is 10.0. The lowest BCUT2D eigenvalue weighted by Crippen LogP contribution is -2.46. The Morgan fingerprint density at radius 1 is 1.62 bits per heavy atom. The van der Waals surface area contributed by atoms with Gasteiger partial charge in [0.25, 0.3) is 10.1 Å². The Morgan fingerprint density at radius 2 is 2.25 bits per heavy atom. The van der Waals surface area contributed by atoms with E-state index in [-0.39, 0.29) is 6.42 Å². The molecule has 0 bridgehead atoms. The molecular formula is C7H13N3O5S. The number of nitrogens with zero attached hydrogens (tertiary/aromatic N) is 3. The van der Waals surface area contributed by atoms with Crippen LogP contribution in [0.25, 0.3) is 10.4 Å². The predicted octanol–water partition coefficient (Wildman–Crippen LogP) is 0.137. The van der Waals surface area contributed by atoms with E-state index in [4.69, 9.17) is 14.5 Å². The number of rotatable bonds is 3. The quantitative estimate of drug-likeness (QED) is 0.331. The lowest BCUT2D eigenvalue weighted by molar-refractivity contribution is -0.195. The second-order valence-corrected chi connectivity index (χ2v) is 5.18. The minimum atomic E-state index is -3.61. The fourth-order valence-electron chi connectivity index (χ4n) is 1.46. The second kappa shape index (κ2) is 4.98. The van der Waals surface area contributed by atoms with Crippen LogP contribution in [0.1, 0.15) is 13.3 Å². The molecule has 9 heteroatoms. The lowest BCUT2D eigenvalue weighted by Gasteiger charge is -2.34. The van der Waals surface area contributed by atoms with Crippen molar-refractivity contribution >= 4 is 10.1 Å². The molecule has 1 saturated heterocycles. The average molecular weight is 251 g/mol. The van der Waals surface area contributed by atoms with Gasteiger partial charge in [0.05, 0.1) is 18.4 Å². The highest BCUT2D eigenvalue weighted by Crippen LogP contribution is 2.24. The van der Waals surface area contributed by atoms with Crippen LogP contribution in [0.3, 0.4) is 0 Å². The normalized spacial score (nSPS) is 35.4. The molecule has 0 unspecified atom stereocenters. The summed E-state index contributed by atoms with van der Waals surface area (Å²) < 4.78 is 31.7. The van der Waals surface area contributed by atoms with Gasteiger partial charge in [-0.25, -0.2) is 0 Å². The molecule has 1 heterocycles. The molecule has 0 aromatic heterocycles. The Bertz CT molecular complexity index is 391. The largest absolute Gasteiger partial charge is 0.368 e. The molecule has 0 amide bonds. The summed E-state index contributed by atoms with van der Waals surface area (Å²) in [5, 5.41) is 12.7. The minimum absolute atomic E-state index is 0.0967. The van der Waals surface area contributed by atoms with Gasteiger partial charge in [0.15, 0.2) is 6.29 Å².